The Balaban J connectivity index is 1.85. The summed E-state index contributed by atoms with van der Waals surface area (Å²) in [6.45, 7) is 3.12. The van der Waals surface area contributed by atoms with Crippen molar-refractivity contribution in [2.75, 3.05) is 18.9 Å². The zero-order valence-corrected chi connectivity index (χ0v) is 13.2. The van der Waals surface area contributed by atoms with Gasteiger partial charge in [0, 0.05) is 19.0 Å². The Hall–Kier alpha value is -1.59. The molecule has 1 aliphatic rings. The van der Waals surface area contributed by atoms with Crippen LogP contribution in [0.5, 0.6) is 0 Å². The molecule has 1 saturated heterocycles. The Morgan fingerprint density at radius 2 is 2.19 bits per heavy atom. The predicted octanol–water partition coefficient (Wildman–Crippen LogP) is 2.51. The molecule has 0 aliphatic carbocycles. The van der Waals surface area contributed by atoms with E-state index in [1.807, 2.05) is 26.2 Å². The van der Waals surface area contributed by atoms with Gasteiger partial charge in [-0.2, -0.15) is 5.10 Å². The van der Waals surface area contributed by atoms with Gasteiger partial charge in [-0.15, -0.1) is 0 Å². The number of hydrogen-bond acceptors (Lipinski definition) is 3. The summed E-state index contributed by atoms with van der Waals surface area (Å²) >= 11 is 6.39. The van der Waals surface area contributed by atoms with Crippen LogP contribution in [0.15, 0.2) is 18.3 Å². The lowest BCUT2D eigenvalue weighted by atomic mass is 10.1. The van der Waals surface area contributed by atoms with Crippen molar-refractivity contribution >= 4 is 34.1 Å². The Kier molecular flexibility index (Phi) is 3.63. The first-order valence-corrected chi connectivity index (χ1v) is 7.46. The van der Waals surface area contributed by atoms with Crippen molar-refractivity contribution in [2.24, 2.45) is 13.0 Å². The minimum absolute atomic E-state index is 0.00647. The lowest BCUT2D eigenvalue weighted by Gasteiger charge is -2.19. The molecule has 6 heteroatoms. The second-order valence-electron chi connectivity index (χ2n) is 5.91. The normalized spacial score (nSPS) is 22.9. The quantitative estimate of drug-likeness (QED) is 0.927. The molecule has 112 valence electrons. The Labute approximate surface area is 128 Å². The molecule has 21 heavy (non-hydrogen) atoms. The molecule has 0 bridgehead atoms. The monoisotopic (exact) mass is 306 g/mol. The molecule has 1 aromatic carbocycles. The van der Waals surface area contributed by atoms with E-state index in [9.17, 15) is 4.79 Å². The van der Waals surface area contributed by atoms with E-state index in [0.29, 0.717) is 16.6 Å². The molecule has 1 fully saturated rings. The van der Waals surface area contributed by atoms with Gasteiger partial charge in [-0.05, 0) is 31.5 Å². The highest BCUT2D eigenvalue weighted by Gasteiger charge is 2.32. The molecule has 1 unspecified atom stereocenters. The van der Waals surface area contributed by atoms with E-state index in [-0.39, 0.29) is 11.9 Å². The van der Waals surface area contributed by atoms with E-state index >= 15 is 0 Å². The molecule has 1 amide bonds. The maximum atomic E-state index is 12.4. The fourth-order valence-corrected chi connectivity index (χ4v) is 3.32. The molecule has 2 aromatic rings. The van der Waals surface area contributed by atoms with Gasteiger partial charge < -0.3 is 5.32 Å². The predicted molar refractivity (Wildman–Crippen MR) is 84.6 cm³/mol. The molecular weight excluding hydrogens is 288 g/mol. The zero-order chi connectivity index (χ0) is 15.1. The molecule has 0 spiro atoms. The van der Waals surface area contributed by atoms with Crippen molar-refractivity contribution in [2.45, 2.75) is 19.4 Å². The number of fused-ring (bicyclic) bond motifs is 1. The van der Waals surface area contributed by atoms with Crippen LogP contribution in [-0.2, 0) is 11.8 Å². The minimum Gasteiger partial charge on any atom is -0.323 e. The van der Waals surface area contributed by atoms with E-state index in [1.165, 1.54) is 0 Å². The van der Waals surface area contributed by atoms with Crippen molar-refractivity contribution in [1.29, 1.82) is 0 Å². The molecule has 1 aliphatic heterocycles. The number of benzene rings is 1. The van der Waals surface area contributed by atoms with Gasteiger partial charge in [0.05, 0.1) is 28.5 Å². The number of rotatable bonds is 2. The molecule has 1 N–H and O–H groups in total. The van der Waals surface area contributed by atoms with Crippen LogP contribution in [0.4, 0.5) is 5.69 Å². The molecule has 2 atom stereocenters. The van der Waals surface area contributed by atoms with Crippen molar-refractivity contribution in [3.8, 4) is 0 Å². The number of aryl methyl sites for hydroxylation is 1. The van der Waals surface area contributed by atoms with E-state index < -0.39 is 0 Å². The van der Waals surface area contributed by atoms with Gasteiger partial charge in [-0.3, -0.25) is 14.4 Å². The van der Waals surface area contributed by atoms with Gasteiger partial charge in [0.2, 0.25) is 5.91 Å². The van der Waals surface area contributed by atoms with Crippen LogP contribution < -0.4 is 5.32 Å². The van der Waals surface area contributed by atoms with Crippen LogP contribution in [0.1, 0.15) is 13.3 Å². The van der Waals surface area contributed by atoms with Crippen molar-refractivity contribution in [3.63, 3.8) is 0 Å². The SMILES string of the molecule is CC1C[C@@H](C(=O)Nc2ccc3c(cnn3C)c2Cl)N(C)C1. The maximum Gasteiger partial charge on any atom is 0.241 e. The summed E-state index contributed by atoms with van der Waals surface area (Å²) in [6.07, 6.45) is 2.60. The van der Waals surface area contributed by atoms with Gasteiger partial charge >= 0.3 is 0 Å². The third-order valence-corrected chi connectivity index (χ3v) is 4.59. The highest BCUT2D eigenvalue weighted by Crippen LogP contribution is 2.31. The summed E-state index contributed by atoms with van der Waals surface area (Å²) in [7, 11) is 3.85. The molecule has 2 heterocycles. The largest absolute Gasteiger partial charge is 0.323 e. The van der Waals surface area contributed by atoms with E-state index in [4.69, 9.17) is 11.6 Å². The van der Waals surface area contributed by atoms with E-state index in [1.54, 1.807) is 10.9 Å². The number of nitrogens with one attached hydrogen (secondary N) is 1. The van der Waals surface area contributed by atoms with Crippen LogP contribution in [0.25, 0.3) is 10.9 Å². The van der Waals surface area contributed by atoms with Crippen LogP contribution in [0, 0.1) is 5.92 Å². The first-order chi connectivity index (χ1) is 9.97. The van der Waals surface area contributed by atoms with Gasteiger partial charge in [0.15, 0.2) is 0 Å². The summed E-state index contributed by atoms with van der Waals surface area (Å²) in [5.74, 6) is 0.550. The second-order valence-corrected chi connectivity index (χ2v) is 6.29. The van der Waals surface area contributed by atoms with E-state index in [0.717, 1.165) is 23.9 Å². The number of halogens is 1. The highest BCUT2D eigenvalue weighted by atomic mass is 35.5. The van der Waals surface area contributed by atoms with Crippen LogP contribution in [0.2, 0.25) is 5.02 Å². The standard InChI is InChI=1S/C15H19ClN4O/c1-9-6-13(19(2)8-9)15(21)18-11-4-5-12-10(14(11)16)7-17-20(12)3/h4-5,7,9,13H,6,8H2,1-3H3,(H,18,21)/t9?,13-/m0/s1. The number of likely N-dealkylation sites (N-methyl/N-ethyl adjacent to an activating group) is 1. The van der Waals surface area contributed by atoms with Crippen LogP contribution in [0.3, 0.4) is 0 Å². The van der Waals surface area contributed by atoms with Crippen LogP contribution in [-0.4, -0.2) is 40.2 Å². The fraction of sp³-hybridized carbons (Fsp3) is 0.467. The summed E-state index contributed by atoms with van der Waals surface area (Å²) in [6, 6.07) is 3.67. The van der Waals surface area contributed by atoms with Crippen LogP contribution >= 0.6 is 11.6 Å². The Bertz CT molecular complexity index is 696. The molecule has 1 aromatic heterocycles. The smallest absolute Gasteiger partial charge is 0.241 e. The van der Waals surface area contributed by atoms with E-state index in [2.05, 4.69) is 22.2 Å². The summed E-state index contributed by atoms with van der Waals surface area (Å²) in [4.78, 5) is 14.5. The topological polar surface area (TPSA) is 50.2 Å². The number of carbonyl (C=O) groups excluding carboxylic acids is 1. The number of carbonyl (C=O) groups is 1. The average Bonchev–Trinajstić information content (AvgIpc) is 2.96. The number of anilines is 1. The number of likely N-dealkylation sites (tertiary alicyclic amines) is 1. The van der Waals surface area contributed by atoms with Crippen molar-refractivity contribution in [3.05, 3.63) is 23.4 Å². The lowest BCUT2D eigenvalue weighted by molar-refractivity contribution is -0.119. The first kappa shape index (κ1) is 14.4. The van der Waals surface area contributed by atoms with Crippen molar-refractivity contribution < 1.29 is 4.79 Å². The highest BCUT2D eigenvalue weighted by molar-refractivity contribution is 6.38. The molecule has 0 saturated carbocycles. The molecule has 3 rings (SSSR count). The fourth-order valence-electron chi connectivity index (χ4n) is 3.07. The number of amides is 1. The number of aromatic nitrogens is 2. The van der Waals surface area contributed by atoms with Gasteiger partial charge in [-0.25, -0.2) is 0 Å². The number of nitrogens with zero attached hydrogens (tertiary/aromatic N) is 3. The minimum atomic E-state index is -0.0827. The maximum absolute atomic E-state index is 12.4. The molecule has 5 nitrogen and oxygen atoms in total. The summed E-state index contributed by atoms with van der Waals surface area (Å²) in [5.41, 5.74) is 1.60. The van der Waals surface area contributed by atoms with Gasteiger partial charge in [0.1, 0.15) is 0 Å². The van der Waals surface area contributed by atoms with Gasteiger partial charge in [0.25, 0.3) is 0 Å². The number of hydrogen-bond donors (Lipinski definition) is 1. The summed E-state index contributed by atoms with van der Waals surface area (Å²) in [5, 5.41) is 8.54. The first-order valence-electron chi connectivity index (χ1n) is 7.08. The third-order valence-electron chi connectivity index (χ3n) is 4.18. The Morgan fingerprint density at radius 1 is 1.43 bits per heavy atom. The van der Waals surface area contributed by atoms with Crippen molar-refractivity contribution in [1.82, 2.24) is 14.7 Å². The Morgan fingerprint density at radius 3 is 2.86 bits per heavy atom. The lowest BCUT2D eigenvalue weighted by Crippen LogP contribution is -2.37. The zero-order valence-electron chi connectivity index (χ0n) is 12.4. The second kappa shape index (κ2) is 5.31. The third kappa shape index (κ3) is 2.51. The summed E-state index contributed by atoms with van der Waals surface area (Å²) < 4.78 is 1.76. The molecular formula is C15H19ClN4O. The average molecular weight is 307 g/mol. The van der Waals surface area contributed by atoms with Gasteiger partial charge in [-0.1, -0.05) is 18.5 Å². The molecule has 0 radical (unpaired) electrons.